The van der Waals surface area contributed by atoms with Gasteiger partial charge in [0.2, 0.25) is 58.6 Å². The van der Waals surface area contributed by atoms with Gasteiger partial charge in [-0.1, -0.05) is 125 Å². The number of hydrogen-bond acceptors (Lipinski definition) is 30. The molecule has 1 aromatic heterocycles. The van der Waals surface area contributed by atoms with Crippen LogP contribution in [0.4, 0.5) is 0 Å². The molecule has 0 radical (unpaired) electrons. The summed E-state index contributed by atoms with van der Waals surface area (Å²) >= 11 is 0. The Morgan fingerprint density at radius 3 is 1.90 bits per heavy atom. The summed E-state index contributed by atoms with van der Waals surface area (Å²) in [6.07, 6.45) is 5.31. The van der Waals surface area contributed by atoms with Gasteiger partial charge in [-0.25, -0.2) is 32.6 Å². The number of nitrogens with two attached hydrogens (primary N) is 2. The summed E-state index contributed by atoms with van der Waals surface area (Å²) in [4.78, 5) is 243. The molecule has 0 bridgehead atoms. The number of carboxylic acid groups (broad SMARTS) is 1. The number of hydrazine groups is 3. The number of aromatic nitrogens is 1. The monoisotopic (exact) mass is 1830 g/mol. The molecule has 131 heavy (non-hydrogen) atoms. The molecule has 2 aliphatic rings. The Morgan fingerprint density at radius 1 is 0.618 bits per heavy atom. The van der Waals surface area contributed by atoms with E-state index in [1.165, 1.54) is 65.8 Å². The van der Waals surface area contributed by atoms with Crippen LogP contribution in [0.5, 0.6) is 5.75 Å². The molecule has 2 heterocycles. The minimum Gasteiger partial charge on any atom is -0.508 e. The highest BCUT2D eigenvalue weighted by atomic mass is 16.4. The molecule has 6 rings (SSSR count). The molecule has 0 saturated heterocycles. The van der Waals surface area contributed by atoms with E-state index in [0.29, 0.717) is 59.7 Å². The Hall–Kier alpha value is -10.8. The van der Waals surface area contributed by atoms with Crippen molar-refractivity contribution in [2.75, 3.05) is 32.8 Å². The van der Waals surface area contributed by atoms with Gasteiger partial charge in [-0.3, -0.25) is 81.5 Å². The lowest BCUT2D eigenvalue weighted by molar-refractivity contribution is -0.144. The molecule has 38 nitrogen and oxygen atoms in total. The fourth-order valence-electron chi connectivity index (χ4n) is 15.2. The molecule has 0 unspecified atom stereocenters. The molecule has 6 amide bonds. The lowest BCUT2D eigenvalue weighted by Crippen LogP contribution is -2.65. The van der Waals surface area contributed by atoms with E-state index in [2.05, 4.69) is 80.1 Å². The number of aliphatic hydroxyl groups excluding tert-OH is 2. The molecule has 720 valence electrons. The van der Waals surface area contributed by atoms with Gasteiger partial charge in [-0.2, -0.15) is 0 Å². The third-order valence-electron chi connectivity index (χ3n) is 23.8. The lowest BCUT2D eigenvalue weighted by atomic mass is 9.80. The molecular weight excluding hydrogens is 1690 g/mol. The minimum absolute atomic E-state index is 0.00427. The number of H-pyrrole nitrogens is 1. The van der Waals surface area contributed by atoms with Crippen LogP contribution in [-0.2, 0) is 101 Å². The summed E-state index contributed by atoms with van der Waals surface area (Å²) < 4.78 is 0. The summed E-state index contributed by atoms with van der Waals surface area (Å²) in [5, 5.41) is 64.8. The number of aromatic hydroxyl groups is 1. The maximum atomic E-state index is 15.6. The highest BCUT2D eigenvalue weighted by molar-refractivity contribution is 6.43. The normalized spacial score (nSPS) is 23.0. The smallest absolute Gasteiger partial charge is 0.303 e. The first-order chi connectivity index (χ1) is 62.2. The fourth-order valence-corrected chi connectivity index (χ4v) is 15.2. The van der Waals surface area contributed by atoms with Gasteiger partial charge in [-0.15, -0.1) is 0 Å². The van der Waals surface area contributed by atoms with Crippen molar-refractivity contribution in [3.05, 3.63) is 114 Å². The Kier molecular flexibility index (Phi) is 45.7. The van der Waals surface area contributed by atoms with E-state index < -0.39 is 216 Å². The van der Waals surface area contributed by atoms with Gasteiger partial charge < -0.3 is 79.4 Å². The van der Waals surface area contributed by atoms with Crippen LogP contribution in [0.15, 0.2) is 97.2 Å². The maximum Gasteiger partial charge on any atom is 0.303 e. The zero-order valence-electron chi connectivity index (χ0n) is 76.6. The van der Waals surface area contributed by atoms with Gasteiger partial charge >= 0.3 is 5.97 Å². The largest absolute Gasteiger partial charge is 0.508 e. The summed E-state index contributed by atoms with van der Waals surface area (Å²) in [5.74, 6) is -14.9. The number of carbonyl (C=O) groups is 17. The Morgan fingerprint density at radius 2 is 1.26 bits per heavy atom. The second kappa shape index (κ2) is 54.9. The van der Waals surface area contributed by atoms with E-state index in [9.17, 15) is 82.8 Å². The number of hydrogen-bond donors (Lipinski definition) is 21. The highest BCUT2D eigenvalue weighted by Crippen LogP contribution is 2.31. The van der Waals surface area contributed by atoms with Crippen LogP contribution < -0.4 is 86.6 Å². The molecule has 1 saturated carbocycles. The van der Waals surface area contributed by atoms with Crippen LogP contribution in [-0.4, -0.2) is 247 Å². The van der Waals surface area contributed by atoms with E-state index in [1.807, 2.05) is 12.2 Å². The average Bonchev–Trinajstić information content (AvgIpc) is 1.56. The van der Waals surface area contributed by atoms with Gasteiger partial charge in [0.1, 0.15) is 41.5 Å². The topological polar surface area (TPSA) is 607 Å². The second-order valence-corrected chi connectivity index (χ2v) is 35.3. The molecule has 3 aromatic carbocycles. The number of ketones is 10. The van der Waals surface area contributed by atoms with Gasteiger partial charge in [0.25, 0.3) is 0 Å². The van der Waals surface area contributed by atoms with Gasteiger partial charge in [0.15, 0.2) is 34.7 Å². The van der Waals surface area contributed by atoms with Crippen molar-refractivity contribution in [2.24, 2.45) is 23.3 Å². The summed E-state index contributed by atoms with van der Waals surface area (Å²) in [6.45, 7) is 11.3. The van der Waals surface area contributed by atoms with Crippen molar-refractivity contribution in [1.82, 2.24) is 80.1 Å². The van der Waals surface area contributed by atoms with E-state index in [-0.39, 0.29) is 119 Å². The number of primary amides is 1. The second-order valence-electron chi connectivity index (χ2n) is 35.3. The number of phenols is 1. The SMILES string of the molecule is CC(=O)N[C@@H](CC(C)C)C(=O)N[C@H](C(=O)C(=O)[C@H](Cc1ccccc1)NN[C@]1(C)CCCCCC/C=C/CCC[C@@](C)(C(=O)N[C@@H](CO)C(=O)CN[C@@H](C)C(=O)CCN[C@@H](C)C(=O)CN)NC(=O)[C@H](CC2CCC2)NN[C@@H](CCC(N)=O)C(=O)CN[C@@H](C)C(=O)CC(=O)[C@H](Cc2c[nH]c3ccccc23)NN[C@@H](Cc2ccc(O)cc2)C(=O)N[C@@H](CCC(=O)O)C(=O)C1=O)[C@@H](C)O. The van der Waals surface area contributed by atoms with Gasteiger partial charge in [0, 0.05) is 49.8 Å². The number of carbonyl (C=O) groups excluding carboxylic acids is 16. The number of amides is 6. The molecule has 15 atom stereocenters. The third-order valence-corrected chi connectivity index (χ3v) is 23.8. The van der Waals surface area contributed by atoms with Gasteiger partial charge in [-0.05, 0) is 172 Å². The zero-order valence-corrected chi connectivity index (χ0v) is 76.6. The molecule has 0 spiro atoms. The van der Waals surface area contributed by atoms with Crippen LogP contribution in [0.3, 0.4) is 0 Å². The number of Topliss-reactive ketones (excluding diaryl/α,β-unsaturated/α-hetero) is 10. The highest BCUT2D eigenvalue weighted by Gasteiger charge is 2.45. The number of para-hydroxylation sites is 1. The number of allylic oxidation sites excluding steroid dienone is 2. The number of aliphatic hydroxyl groups is 2. The van der Waals surface area contributed by atoms with E-state index in [0.717, 1.165) is 19.3 Å². The van der Waals surface area contributed by atoms with Crippen molar-refractivity contribution in [1.29, 1.82) is 0 Å². The molecule has 23 N–H and O–H groups in total. The molecule has 1 fully saturated rings. The number of benzene rings is 3. The maximum absolute atomic E-state index is 15.6. The number of aromatic amines is 1. The summed E-state index contributed by atoms with van der Waals surface area (Å²) in [5.41, 5.74) is 26.9. The van der Waals surface area contributed by atoms with Crippen molar-refractivity contribution in [2.45, 2.75) is 300 Å². The van der Waals surface area contributed by atoms with E-state index >= 15 is 19.2 Å². The van der Waals surface area contributed by atoms with Crippen molar-refractivity contribution in [3.63, 3.8) is 0 Å². The quantitative estimate of drug-likeness (QED) is 0.0127. The predicted octanol–water partition coefficient (Wildman–Crippen LogP) is 0.804. The first-order valence-electron chi connectivity index (χ1n) is 45.3. The molecular formula is C93H137N17O21. The molecule has 1 aliphatic heterocycles. The Bertz CT molecular complexity index is 4580. The zero-order chi connectivity index (χ0) is 96.7. The number of phenolic OH excluding ortho intramolecular Hbond substituents is 1. The first-order valence-corrected chi connectivity index (χ1v) is 45.3. The molecule has 4 aromatic rings. The minimum atomic E-state index is -2.09. The van der Waals surface area contributed by atoms with Gasteiger partial charge in [0.05, 0.1) is 86.6 Å². The lowest BCUT2D eigenvalue weighted by Gasteiger charge is -2.35. The number of carboxylic acids is 1. The number of nitrogens with one attached hydrogen (secondary N) is 15. The standard InChI is InChI=1S/C93H137N17O21/c1-54(2)43-71(100-59(7)113)88(128)103-83(58(6)112)86(126)84(124)70(44-60-25-18-17-19-26-60)109-110-92(8)40-22-15-13-11-10-12-14-16-23-41-93(9,91(131)102-74(53-111)80(120)52-97-55(3)75(115)39-42-96-57(5)78(118)49-94)104-90(130)73(45-61-27-24-28-61)108-105-67(35-37-81(95)121)79(119)51-98-56(4)76(116)48-77(117)69(47-63-50-99-66-30-21-20-29-65(63)66)106-107-72(46-62-31-33-64(114)34-32-62)89(129)101-68(36-38-82(122)123)85(125)87(92)127/h12,14,17-21,25-26,29-34,50,54-58,61,67-74,83,96-99,105-112,114H,10-11,13,15-16,22-24,27-28,35-49,51-53,94H2,1-9H3,(H2,95,121)(H,100,113)(H,101,129)(H,102,131)(H,103,128)(H,104,130)(H,122,123)/b14-12+/t55-,56-,57-,58+,67-,68-,69-,70-,71-,72-,73-,74-,83-,92+,93-/m0/s1. The first kappa shape index (κ1) is 109. The van der Waals surface area contributed by atoms with Crippen LogP contribution in [0.2, 0.25) is 0 Å². The predicted molar refractivity (Wildman–Crippen MR) is 487 cm³/mol. The average molecular weight is 1830 g/mol. The molecule has 38 heteroatoms. The number of rotatable bonds is 40. The Balaban J connectivity index is 1.40. The Labute approximate surface area is 764 Å². The molecule has 1 aliphatic carbocycles. The van der Waals surface area contributed by atoms with Crippen LogP contribution in [0, 0.1) is 11.8 Å². The number of aliphatic carboxylic acids is 1. The summed E-state index contributed by atoms with van der Waals surface area (Å²) in [7, 11) is 0. The van der Waals surface area contributed by atoms with Crippen molar-refractivity contribution in [3.8, 4) is 5.75 Å². The van der Waals surface area contributed by atoms with Crippen LogP contribution in [0.25, 0.3) is 10.9 Å². The van der Waals surface area contributed by atoms with Crippen molar-refractivity contribution >= 4 is 110 Å². The van der Waals surface area contributed by atoms with Crippen LogP contribution in [0.1, 0.15) is 207 Å². The summed E-state index contributed by atoms with van der Waals surface area (Å²) in [6, 6.07) is 4.94. The third kappa shape index (κ3) is 36.4. The number of fused-ring (bicyclic) bond motifs is 1. The van der Waals surface area contributed by atoms with E-state index in [4.69, 9.17) is 11.5 Å². The van der Waals surface area contributed by atoms with E-state index in [1.54, 1.807) is 81.6 Å². The van der Waals surface area contributed by atoms with Crippen LogP contribution >= 0.6 is 0 Å². The fraction of sp³-hybridized carbons (Fsp3) is 0.581. The van der Waals surface area contributed by atoms with Crippen molar-refractivity contribution < 1.29 is 102 Å².